The number of hydrogen-bond acceptors (Lipinski definition) is 3. The van der Waals surface area contributed by atoms with Crippen LogP contribution in [0, 0.1) is 0 Å². The van der Waals surface area contributed by atoms with Crippen LogP contribution < -0.4 is 4.74 Å². The Hall–Kier alpha value is -0.830. The van der Waals surface area contributed by atoms with Crippen LogP contribution in [-0.2, 0) is 5.88 Å². The zero-order valence-corrected chi connectivity index (χ0v) is 9.29. The molecule has 1 aromatic heterocycles. The van der Waals surface area contributed by atoms with Crippen molar-refractivity contribution in [2.75, 3.05) is 0 Å². The normalized spacial score (nSPS) is 12.5. The highest BCUT2D eigenvalue weighted by molar-refractivity contribution is 6.16. The molecule has 1 aromatic rings. The van der Waals surface area contributed by atoms with Gasteiger partial charge in [0.05, 0.1) is 30.1 Å². The van der Waals surface area contributed by atoms with E-state index in [1.54, 1.807) is 12.4 Å². The summed E-state index contributed by atoms with van der Waals surface area (Å²) in [5, 5.41) is 0. The summed E-state index contributed by atoms with van der Waals surface area (Å²) in [5.74, 6) is 0.956. The molecule has 0 fully saturated rings. The second-order valence-corrected chi connectivity index (χ2v) is 3.46. The van der Waals surface area contributed by atoms with Gasteiger partial charge in [-0.05, 0) is 13.3 Å². The number of alkyl halides is 1. The largest absolute Gasteiger partial charge is 0.474 e. The van der Waals surface area contributed by atoms with Crippen LogP contribution in [0.1, 0.15) is 32.4 Å². The van der Waals surface area contributed by atoms with E-state index in [1.807, 2.05) is 6.92 Å². The van der Waals surface area contributed by atoms with Gasteiger partial charge in [0.1, 0.15) is 0 Å². The number of nitrogens with zero attached hydrogens (tertiary/aromatic N) is 2. The van der Waals surface area contributed by atoms with Crippen molar-refractivity contribution in [2.24, 2.45) is 0 Å². The molecular weight excluding hydrogens is 200 g/mol. The molecule has 0 saturated heterocycles. The molecule has 4 heteroatoms. The Morgan fingerprint density at radius 1 is 1.43 bits per heavy atom. The van der Waals surface area contributed by atoms with E-state index in [9.17, 15) is 0 Å². The minimum Gasteiger partial charge on any atom is -0.474 e. The Kier molecular flexibility index (Phi) is 4.66. The third kappa shape index (κ3) is 3.50. The van der Waals surface area contributed by atoms with E-state index in [0.29, 0.717) is 11.8 Å². The van der Waals surface area contributed by atoms with Crippen LogP contribution in [0.3, 0.4) is 0 Å². The zero-order valence-electron chi connectivity index (χ0n) is 8.53. The molecule has 0 aliphatic carbocycles. The Balaban J connectivity index is 2.50. The van der Waals surface area contributed by atoms with E-state index < -0.39 is 0 Å². The SMILES string of the molecule is CCCC(C)Oc1cnc(CCl)cn1. The minimum absolute atomic E-state index is 0.191. The Labute approximate surface area is 89.5 Å². The van der Waals surface area contributed by atoms with Crippen LogP contribution >= 0.6 is 11.6 Å². The van der Waals surface area contributed by atoms with Crippen LogP contribution in [0.5, 0.6) is 5.88 Å². The van der Waals surface area contributed by atoms with Gasteiger partial charge in [-0.25, -0.2) is 4.98 Å². The molecule has 1 heterocycles. The van der Waals surface area contributed by atoms with E-state index in [4.69, 9.17) is 16.3 Å². The topological polar surface area (TPSA) is 35.0 Å². The summed E-state index contributed by atoms with van der Waals surface area (Å²) in [6.07, 6.45) is 5.58. The van der Waals surface area contributed by atoms with E-state index in [-0.39, 0.29) is 6.10 Å². The van der Waals surface area contributed by atoms with Crippen molar-refractivity contribution in [3.8, 4) is 5.88 Å². The Bertz CT molecular complexity index is 263. The molecule has 0 aliphatic heterocycles. The lowest BCUT2D eigenvalue weighted by Crippen LogP contribution is -2.12. The fraction of sp³-hybridized carbons (Fsp3) is 0.600. The lowest BCUT2D eigenvalue weighted by molar-refractivity contribution is 0.200. The summed E-state index contributed by atoms with van der Waals surface area (Å²) in [6, 6.07) is 0. The standard InChI is InChI=1S/C10H15ClN2O/c1-3-4-8(2)14-10-7-12-9(5-11)6-13-10/h6-8H,3-5H2,1-2H3. The monoisotopic (exact) mass is 214 g/mol. The average molecular weight is 215 g/mol. The lowest BCUT2D eigenvalue weighted by atomic mass is 10.2. The Morgan fingerprint density at radius 3 is 2.71 bits per heavy atom. The van der Waals surface area contributed by atoms with Crippen molar-refractivity contribution >= 4 is 11.6 Å². The molecule has 0 aromatic carbocycles. The molecule has 0 radical (unpaired) electrons. The third-order valence-corrected chi connectivity index (χ3v) is 2.11. The van der Waals surface area contributed by atoms with Crippen LogP contribution in [-0.4, -0.2) is 16.1 Å². The molecule has 3 nitrogen and oxygen atoms in total. The molecule has 1 atom stereocenters. The summed E-state index contributed by atoms with van der Waals surface area (Å²) >= 11 is 5.59. The summed E-state index contributed by atoms with van der Waals surface area (Å²) in [6.45, 7) is 4.16. The number of aromatic nitrogens is 2. The number of rotatable bonds is 5. The minimum atomic E-state index is 0.191. The molecule has 1 unspecified atom stereocenters. The first-order chi connectivity index (χ1) is 6.76. The highest BCUT2D eigenvalue weighted by Crippen LogP contribution is 2.10. The van der Waals surface area contributed by atoms with Crippen LogP contribution in [0.15, 0.2) is 12.4 Å². The van der Waals surface area contributed by atoms with Crippen molar-refractivity contribution in [1.82, 2.24) is 9.97 Å². The maximum atomic E-state index is 5.59. The molecule has 0 bridgehead atoms. The lowest BCUT2D eigenvalue weighted by Gasteiger charge is -2.11. The summed E-state index contributed by atoms with van der Waals surface area (Å²) < 4.78 is 5.54. The van der Waals surface area contributed by atoms with Gasteiger partial charge in [0.25, 0.3) is 0 Å². The quantitative estimate of drug-likeness (QED) is 0.707. The molecule has 1 rings (SSSR count). The molecular formula is C10H15ClN2O. The predicted octanol–water partition coefficient (Wildman–Crippen LogP) is 2.78. The van der Waals surface area contributed by atoms with Crippen molar-refractivity contribution in [2.45, 2.75) is 38.7 Å². The third-order valence-electron chi connectivity index (χ3n) is 1.84. The smallest absolute Gasteiger partial charge is 0.232 e. The molecule has 0 saturated carbocycles. The predicted molar refractivity (Wildman–Crippen MR) is 56.6 cm³/mol. The molecule has 78 valence electrons. The van der Waals surface area contributed by atoms with Gasteiger partial charge in [0, 0.05) is 0 Å². The maximum Gasteiger partial charge on any atom is 0.232 e. The molecule has 0 N–H and O–H groups in total. The second-order valence-electron chi connectivity index (χ2n) is 3.20. The fourth-order valence-electron chi connectivity index (χ4n) is 1.14. The second kappa shape index (κ2) is 5.81. The van der Waals surface area contributed by atoms with Gasteiger partial charge in [-0.15, -0.1) is 11.6 Å². The van der Waals surface area contributed by atoms with Gasteiger partial charge >= 0.3 is 0 Å². The van der Waals surface area contributed by atoms with Crippen molar-refractivity contribution in [3.63, 3.8) is 0 Å². The number of hydrogen-bond donors (Lipinski definition) is 0. The first kappa shape index (κ1) is 11.2. The van der Waals surface area contributed by atoms with Crippen molar-refractivity contribution in [1.29, 1.82) is 0 Å². The number of ether oxygens (including phenoxy) is 1. The molecule has 0 spiro atoms. The van der Waals surface area contributed by atoms with Gasteiger partial charge in [-0.1, -0.05) is 13.3 Å². The summed E-state index contributed by atoms with van der Waals surface area (Å²) in [4.78, 5) is 8.19. The summed E-state index contributed by atoms with van der Waals surface area (Å²) in [5.41, 5.74) is 0.766. The van der Waals surface area contributed by atoms with Crippen LogP contribution in [0.4, 0.5) is 0 Å². The Morgan fingerprint density at radius 2 is 2.21 bits per heavy atom. The number of halogens is 1. The maximum absolute atomic E-state index is 5.59. The van der Waals surface area contributed by atoms with Crippen molar-refractivity contribution < 1.29 is 4.74 Å². The summed E-state index contributed by atoms with van der Waals surface area (Å²) in [7, 11) is 0. The zero-order chi connectivity index (χ0) is 10.4. The van der Waals surface area contributed by atoms with Gasteiger partial charge in [-0.2, -0.15) is 0 Å². The van der Waals surface area contributed by atoms with Crippen LogP contribution in [0.25, 0.3) is 0 Å². The first-order valence-corrected chi connectivity index (χ1v) is 5.33. The average Bonchev–Trinajstić information content (AvgIpc) is 2.19. The van der Waals surface area contributed by atoms with E-state index in [1.165, 1.54) is 0 Å². The highest BCUT2D eigenvalue weighted by atomic mass is 35.5. The molecule has 0 amide bonds. The van der Waals surface area contributed by atoms with Gasteiger partial charge in [-0.3, -0.25) is 4.98 Å². The van der Waals surface area contributed by atoms with Crippen LogP contribution in [0.2, 0.25) is 0 Å². The van der Waals surface area contributed by atoms with Crippen molar-refractivity contribution in [3.05, 3.63) is 18.1 Å². The highest BCUT2D eigenvalue weighted by Gasteiger charge is 2.03. The van der Waals surface area contributed by atoms with Gasteiger partial charge in [0.2, 0.25) is 5.88 Å². The fourth-order valence-corrected chi connectivity index (χ4v) is 1.28. The first-order valence-electron chi connectivity index (χ1n) is 4.79. The molecule has 0 aliphatic rings. The van der Waals surface area contributed by atoms with E-state index in [0.717, 1.165) is 18.5 Å². The van der Waals surface area contributed by atoms with Gasteiger partial charge < -0.3 is 4.74 Å². The van der Waals surface area contributed by atoms with E-state index >= 15 is 0 Å². The molecule has 14 heavy (non-hydrogen) atoms. The van der Waals surface area contributed by atoms with E-state index in [2.05, 4.69) is 16.9 Å². The van der Waals surface area contributed by atoms with Gasteiger partial charge in [0.15, 0.2) is 0 Å².